The maximum absolute atomic E-state index is 12.1. The van der Waals surface area contributed by atoms with Crippen molar-refractivity contribution in [3.05, 3.63) is 36.5 Å². The van der Waals surface area contributed by atoms with Crippen LogP contribution in [0.4, 0.5) is 13.2 Å². The van der Waals surface area contributed by atoms with Gasteiger partial charge in [-0.2, -0.15) is 5.10 Å². The molecule has 118 valence electrons. The van der Waals surface area contributed by atoms with Gasteiger partial charge in [0.1, 0.15) is 5.75 Å². The lowest BCUT2D eigenvalue weighted by Crippen LogP contribution is -2.29. The predicted octanol–water partition coefficient (Wildman–Crippen LogP) is 3.37. The third-order valence-electron chi connectivity index (χ3n) is 3.67. The minimum atomic E-state index is -4.67. The lowest BCUT2D eigenvalue weighted by Gasteiger charge is -2.22. The SMILES string of the molecule is FC(F)(F)Oc1ccc(-c2ccn(C3CCNCC3)n2)cc1. The third-order valence-corrected chi connectivity index (χ3v) is 3.67. The summed E-state index contributed by atoms with van der Waals surface area (Å²) in [5, 5.41) is 7.84. The molecule has 4 nitrogen and oxygen atoms in total. The fraction of sp³-hybridized carbons (Fsp3) is 0.400. The van der Waals surface area contributed by atoms with Crippen molar-refractivity contribution in [3.8, 4) is 17.0 Å². The Balaban J connectivity index is 1.73. The van der Waals surface area contributed by atoms with Crippen LogP contribution in [0.5, 0.6) is 5.75 Å². The Labute approximate surface area is 125 Å². The van der Waals surface area contributed by atoms with Gasteiger partial charge in [-0.15, -0.1) is 13.2 Å². The number of benzene rings is 1. The van der Waals surface area contributed by atoms with E-state index in [0.29, 0.717) is 6.04 Å². The van der Waals surface area contributed by atoms with E-state index in [1.54, 1.807) is 12.1 Å². The Morgan fingerprint density at radius 1 is 1.09 bits per heavy atom. The van der Waals surface area contributed by atoms with Crippen molar-refractivity contribution >= 4 is 0 Å². The first kappa shape index (κ1) is 14.9. The number of aromatic nitrogens is 2. The number of hydrogen-bond donors (Lipinski definition) is 1. The Morgan fingerprint density at radius 2 is 1.77 bits per heavy atom. The van der Waals surface area contributed by atoms with Crippen LogP contribution in [0.1, 0.15) is 18.9 Å². The molecule has 1 N–H and O–H groups in total. The zero-order valence-corrected chi connectivity index (χ0v) is 11.8. The van der Waals surface area contributed by atoms with E-state index in [2.05, 4.69) is 15.2 Å². The summed E-state index contributed by atoms with van der Waals surface area (Å²) < 4.78 is 42.2. The van der Waals surface area contributed by atoms with Crippen LogP contribution < -0.4 is 10.1 Å². The van der Waals surface area contributed by atoms with Crippen LogP contribution in [-0.4, -0.2) is 29.2 Å². The number of ether oxygens (including phenoxy) is 1. The highest BCUT2D eigenvalue weighted by atomic mass is 19.4. The number of alkyl halides is 3. The molecule has 1 aromatic carbocycles. The van der Waals surface area contributed by atoms with Crippen molar-refractivity contribution in [2.24, 2.45) is 0 Å². The highest BCUT2D eigenvalue weighted by molar-refractivity contribution is 5.59. The van der Waals surface area contributed by atoms with Crippen LogP contribution >= 0.6 is 0 Å². The molecule has 0 amide bonds. The van der Waals surface area contributed by atoms with E-state index in [1.165, 1.54) is 12.1 Å². The standard InChI is InChI=1S/C15H16F3N3O/c16-15(17,18)22-13-3-1-11(2-4-13)14-7-10-21(20-14)12-5-8-19-9-6-12/h1-4,7,10,12,19H,5-6,8-9H2. The van der Waals surface area contributed by atoms with Crippen molar-refractivity contribution in [3.63, 3.8) is 0 Å². The van der Waals surface area contributed by atoms with Crippen LogP contribution in [0.3, 0.4) is 0 Å². The maximum atomic E-state index is 12.1. The van der Waals surface area contributed by atoms with E-state index in [-0.39, 0.29) is 5.75 Å². The van der Waals surface area contributed by atoms with Gasteiger partial charge in [-0.05, 0) is 56.3 Å². The quantitative estimate of drug-likeness (QED) is 0.944. The molecule has 2 heterocycles. The molecule has 0 saturated carbocycles. The fourth-order valence-corrected chi connectivity index (χ4v) is 2.59. The second-order valence-corrected chi connectivity index (χ2v) is 5.23. The Morgan fingerprint density at radius 3 is 2.41 bits per heavy atom. The minimum absolute atomic E-state index is 0.228. The van der Waals surface area contributed by atoms with Crippen molar-refractivity contribution in [1.29, 1.82) is 0 Å². The predicted molar refractivity (Wildman–Crippen MR) is 75.5 cm³/mol. The lowest BCUT2D eigenvalue weighted by molar-refractivity contribution is -0.274. The minimum Gasteiger partial charge on any atom is -0.406 e. The summed E-state index contributed by atoms with van der Waals surface area (Å²) in [5.41, 5.74) is 1.51. The molecule has 0 unspecified atom stereocenters. The zero-order valence-electron chi connectivity index (χ0n) is 11.8. The molecule has 0 atom stereocenters. The van der Waals surface area contributed by atoms with E-state index < -0.39 is 6.36 Å². The molecule has 2 aromatic rings. The summed E-state index contributed by atoms with van der Waals surface area (Å²) in [6.07, 6.45) is -0.692. The zero-order chi connectivity index (χ0) is 15.6. The number of nitrogens with zero attached hydrogens (tertiary/aromatic N) is 2. The molecule has 3 rings (SSSR count). The lowest BCUT2D eigenvalue weighted by atomic mass is 10.1. The normalized spacial score (nSPS) is 16.7. The summed E-state index contributed by atoms with van der Waals surface area (Å²) in [6.45, 7) is 1.95. The van der Waals surface area contributed by atoms with Crippen molar-refractivity contribution in [2.45, 2.75) is 25.2 Å². The van der Waals surface area contributed by atoms with Gasteiger partial charge in [-0.25, -0.2) is 0 Å². The molecule has 1 saturated heterocycles. The van der Waals surface area contributed by atoms with E-state index in [9.17, 15) is 13.2 Å². The summed E-state index contributed by atoms with van der Waals surface area (Å²) in [4.78, 5) is 0. The summed E-state index contributed by atoms with van der Waals surface area (Å²) in [6, 6.07) is 8.01. The Hall–Kier alpha value is -2.02. The molecule has 1 aromatic heterocycles. The van der Waals surface area contributed by atoms with E-state index in [4.69, 9.17) is 0 Å². The second-order valence-electron chi connectivity index (χ2n) is 5.23. The largest absolute Gasteiger partial charge is 0.573 e. The second kappa shape index (κ2) is 6.00. The van der Waals surface area contributed by atoms with E-state index >= 15 is 0 Å². The van der Waals surface area contributed by atoms with Gasteiger partial charge >= 0.3 is 6.36 Å². The molecule has 1 fully saturated rings. The topological polar surface area (TPSA) is 39.1 Å². The number of halogens is 3. The number of piperidine rings is 1. The van der Waals surface area contributed by atoms with Gasteiger partial charge in [0.05, 0.1) is 11.7 Å². The van der Waals surface area contributed by atoms with Gasteiger partial charge in [-0.3, -0.25) is 4.68 Å². The van der Waals surface area contributed by atoms with E-state index in [0.717, 1.165) is 37.2 Å². The molecule has 0 spiro atoms. The first-order chi connectivity index (χ1) is 10.5. The number of hydrogen-bond acceptors (Lipinski definition) is 3. The highest BCUT2D eigenvalue weighted by Gasteiger charge is 2.31. The number of nitrogens with one attached hydrogen (secondary N) is 1. The maximum Gasteiger partial charge on any atom is 0.573 e. The van der Waals surface area contributed by atoms with Crippen LogP contribution in [0.25, 0.3) is 11.3 Å². The van der Waals surface area contributed by atoms with Crippen LogP contribution in [0, 0.1) is 0 Å². The van der Waals surface area contributed by atoms with Crippen molar-refractivity contribution in [1.82, 2.24) is 15.1 Å². The molecule has 22 heavy (non-hydrogen) atoms. The molecule has 0 aliphatic carbocycles. The van der Waals surface area contributed by atoms with Crippen LogP contribution in [0.15, 0.2) is 36.5 Å². The van der Waals surface area contributed by atoms with Gasteiger partial charge in [0, 0.05) is 11.8 Å². The average molecular weight is 311 g/mol. The van der Waals surface area contributed by atoms with Gasteiger partial charge in [0.15, 0.2) is 0 Å². The van der Waals surface area contributed by atoms with Crippen LogP contribution in [0.2, 0.25) is 0 Å². The Bertz CT molecular complexity index is 616. The molecule has 7 heteroatoms. The highest BCUT2D eigenvalue weighted by Crippen LogP contribution is 2.26. The monoisotopic (exact) mass is 311 g/mol. The van der Waals surface area contributed by atoms with Crippen molar-refractivity contribution in [2.75, 3.05) is 13.1 Å². The summed E-state index contributed by atoms with van der Waals surface area (Å²) in [5.74, 6) is -0.228. The average Bonchev–Trinajstić information content (AvgIpc) is 2.97. The van der Waals surface area contributed by atoms with Crippen molar-refractivity contribution < 1.29 is 17.9 Å². The number of rotatable bonds is 3. The molecule has 0 radical (unpaired) electrons. The van der Waals surface area contributed by atoms with Gasteiger partial charge in [0.25, 0.3) is 0 Å². The molecule has 0 bridgehead atoms. The van der Waals surface area contributed by atoms with Gasteiger partial charge in [-0.1, -0.05) is 0 Å². The smallest absolute Gasteiger partial charge is 0.406 e. The third kappa shape index (κ3) is 3.59. The van der Waals surface area contributed by atoms with Gasteiger partial charge < -0.3 is 10.1 Å². The fourth-order valence-electron chi connectivity index (χ4n) is 2.59. The molecular weight excluding hydrogens is 295 g/mol. The van der Waals surface area contributed by atoms with E-state index in [1.807, 2.05) is 16.9 Å². The molecular formula is C15H16F3N3O. The summed E-state index contributed by atoms with van der Waals surface area (Å²) >= 11 is 0. The molecule has 1 aliphatic heterocycles. The Kier molecular flexibility index (Phi) is 4.06. The first-order valence-electron chi connectivity index (χ1n) is 7.13. The molecule has 1 aliphatic rings. The summed E-state index contributed by atoms with van der Waals surface area (Å²) in [7, 11) is 0. The first-order valence-corrected chi connectivity index (χ1v) is 7.13. The van der Waals surface area contributed by atoms with Gasteiger partial charge in [0.2, 0.25) is 0 Å². The van der Waals surface area contributed by atoms with Crippen LogP contribution in [-0.2, 0) is 0 Å².